The van der Waals surface area contributed by atoms with Crippen LogP contribution in [0.4, 0.5) is 0 Å². The van der Waals surface area contributed by atoms with E-state index in [0.717, 1.165) is 23.3 Å². The van der Waals surface area contributed by atoms with E-state index in [9.17, 15) is 4.79 Å². The number of morpholine rings is 1. The van der Waals surface area contributed by atoms with Gasteiger partial charge in [-0.15, -0.1) is 6.58 Å². The smallest absolute Gasteiger partial charge is 0.252 e. The lowest BCUT2D eigenvalue weighted by Crippen LogP contribution is -2.55. The summed E-state index contributed by atoms with van der Waals surface area (Å²) in [7, 11) is 0. The molecule has 7 heteroatoms. The Morgan fingerprint density at radius 3 is 2.24 bits per heavy atom. The van der Waals surface area contributed by atoms with Crippen molar-refractivity contribution >= 4 is 52.5 Å². The third kappa shape index (κ3) is 6.49. The van der Waals surface area contributed by atoms with Crippen LogP contribution in [-0.2, 0) is 9.53 Å². The highest BCUT2D eigenvalue weighted by atomic mass is 35.5. The van der Waals surface area contributed by atoms with Crippen molar-refractivity contribution in [2.75, 3.05) is 5.75 Å². The van der Waals surface area contributed by atoms with Crippen LogP contribution in [0.1, 0.15) is 56.9 Å². The van der Waals surface area contributed by atoms with Gasteiger partial charge in [-0.05, 0) is 53.1 Å². The highest BCUT2D eigenvalue weighted by molar-refractivity contribution is 7.99. The summed E-state index contributed by atoms with van der Waals surface area (Å²) in [5.41, 5.74) is 1.80. The van der Waals surface area contributed by atoms with Crippen LogP contribution in [0.2, 0.25) is 15.1 Å². The van der Waals surface area contributed by atoms with Crippen LogP contribution in [0.15, 0.2) is 55.1 Å². The van der Waals surface area contributed by atoms with E-state index in [1.807, 2.05) is 53.1 Å². The summed E-state index contributed by atoms with van der Waals surface area (Å²) in [5.74, 6) is 0.823. The van der Waals surface area contributed by atoms with Gasteiger partial charge in [0.2, 0.25) is 0 Å². The molecule has 4 atom stereocenters. The highest BCUT2D eigenvalue weighted by Crippen LogP contribution is 2.45. The molecule has 0 radical (unpaired) electrons. The zero-order valence-electron chi connectivity index (χ0n) is 19.1. The van der Waals surface area contributed by atoms with Crippen LogP contribution in [0.5, 0.6) is 0 Å². The predicted molar refractivity (Wildman–Crippen MR) is 142 cm³/mol. The summed E-state index contributed by atoms with van der Waals surface area (Å²) in [6.07, 6.45) is 1.94. The summed E-state index contributed by atoms with van der Waals surface area (Å²) in [4.78, 5) is 15.8. The number of carbonyl (C=O) groups is 1. The number of hydrogen-bond donors (Lipinski definition) is 0. The van der Waals surface area contributed by atoms with Gasteiger partial charge >= 0.3 is 0 Å². The zero-order chi connectivity index (χ0) is 24.1. The van der Waals surface area contributed by atoms with Gasteiger partial charge in [-0.25, -0.2) is 0 Å². The lowest BCUT2D eigenvalue weighted by atomic mass is 9.89. The molecule has 0 saturated carbocycles. The number of benzene rings is 2. The molecule has 2 aromatic carbocycles. The van der Waals surface area contributed by atoms with Crippen LogP contribution in [0, 0.1) is 0 Å². The largest absolute Gasteiger partial charge is 0.358 e. The molecule has 2 aromatic rings. The van der Waals surface area contributed by atoms with Crippen molar-refractivity contribution in [3.63, 3.8) is 0 Å². The van der Waals surface area contributed by atoms with E-state index >= 15 is 0 Å². The second-order valence-corrected chi connectivity index (χ2v) is 11.4. The third-order valence-electron chi connectivity index (χ3n) is 5.72. The van der Waals surface area contributed by atoms with Crippen molar-refractivity contribution in [3.05, 3.63) is 81.3 Å². The molecule has 3 rings (SSSR count). The third-order valence-corrected chi connectivity index (χ3v) is 7.65. The Kier molecular flexibility index (Phi) is 9.61. The Bertz CT molecular complexity index is 946. The molecule has 1 amide bonds. The molecular formula is C26H30Cl3NO2S. The lowest BCUT2D eigenvalue weighted by Gasteiger charge is -2.48. The SMILES string of the molecule is C=CC[C@H]1O[C@H](c2cc(Cl)cc(Cl)c2)C(c2ccc(Cl)cc2)N(C(CC)CSC(C)C)C1=O. The summed E-state index contributed by atoms with van der Waals surface area (Å²) in [6, 6.07) is 12.8. The van der Waals surface area contributed by atoms with Crippen LogP contribution >= 0.6 is 46.6 Å². The van der Waals surface area contributed by atoms with Crippen LogP contribution in [0.25, 0.3) is 0 Å². The fourth-order valence-electron chi connectivity index (χ4n) is 4.17. The minimum absolute atomic E-state index is 0.0181. The van der Waals surface area contributed by atoms with E-state index in [1.54, 1.807) is 12.1 Å². The first-order valence-corrected chi connectivity index (χ1v) is 13.3. The highest BCUT2D eigenvalue weighted by Gasteiger charge is 2.46. The number of rotatable bonds is 9. The van der Waals surface area contributed by atoms with Crippen LogP contribution in [-0.4, -0.2) is 34.0 Å². The van der Waals surface area contributed by atoms with Gasteiger partial charge in [0, 0.05) is 33.3 Å². The Morgan fingerprint density at radius 2 is 1.70 bits per heavy atom. The number of nitrogens with zero attached hydrogens (tertiary/aromatic N) is 1. The summed E-state index contributed by atoms with van der Waals surface area (Å²) in [6.45, 7) is 10.3. The fraction of sp³-hybridized carbons (Fsp3) is 0.423. The molecule has 0 bridgehead atoms. The predicted octanol–water partition coefficient (Wildman–Crippen LogP) is 8.15. The maximum absolute atomic E-state index is 13.8. The van der Waals surface area contributed by atoms with Crippen molar-refractivity contribution in [3.8, 4) is 0 Å². The number of ether oxygens (including phenoxy) is 1. The van der Waals surface area contributed by atoms with Crippen molar-refractivity contribution in [1.29, 1.82) is 0 Å². The molecule has 3 nitrogen and oxygen atoms in total. The molecule has 1 fully saturated rings. The van der Waals surface area contributed by atoms with E-state index in [2.05, 4.69) is 27.4 Å². The second kappa shape index (κ2) is 12.0. The molecule has 33 heavy (non-hydrogen) atoms. The number of hydrogen-bond acceptors (Lipinski definition) is 3. The molecule has 178 valence electrons. The van der Waals surface area contributed by atoms with Gasteiger partial charge < -0.3 is 9.64 Å². The number of thioether (sulfide) groups is 1. The van der Waals surface area contributed by atoms with Gasteiger partial charge in [-0.2, -0.15) is 11.8 Å². The minimum Gasteiger partial charge on any atom is -0.358 e. The Balaban J connectivity index is 2.16. The molecule has 1 aliphatic heterocycles. The average Bonchev–Trinajstić information content (AvgIpc) is 2.76. The maximum Gasteiger partial charge on any atom is 0.252 e. The number of halogens is 3. The van der Waals surface area contributed by atoms with Gasteiger partial charge in [0.15, 0.2) is 0 Å². The Hall–Kier alpha value is -1.17. The van der Waals surface area contributed by atoms with Gasteiger partial charge in [-0.1, -0.05) is 73.8 Å². The zero-order valence-corrected chi connectivity index (χ0v) is 22.2. The molecular weight excluding hydrogens is 497 g/mol. The van der Waals surface area contributed by atoms with Crippen molar-refractivity contribution in [1.82, 2.24) is 4.90 Å². The standard InChI is InChI=1S/C26H30Cl3NO2S/c1-5-7-23-26(31)30(22(6-2)15-33-16(3)4)24(17-8-10-19(27)11-9-17)25(32-23)18-12-20(28)14-21(29)13-18/h5,8-14,16,22-25H,1,6-7,15H2,2-4H3/t22?,23-,24?,25-/m1/s1. The molecule has 0 N–H and O–H groups in total. The fourth-order valence-corrected chi connectivity index (χ4v) is 5.84. The van der Waals surface area contributed by atoms with Crippen LogP contribution < -0.4 is 0 Å². The molecule has 0 aliphatic carbocycles. The maximum atomic E-state index is 13.8. The van der Waals surface area contributed by atoms with Crippen molar-refractivity contribution < 1.29 is 9.53 Å². The molecule has 1 saturated heterocycles. The first kappa shape index (κ1) is 26.4. The Morgan fingerprint density at radius 1 is 1.06 bits per heavy atom. The van der Waals surface area contributed by atoms with Crippen molar-refractivity contribution in [2.45, 2.75) is 63.2 Å². The van der Waals surface area contributed by atoms with Crippen LogP contribution in [0.3, 0.4) is 0 Å². The van der Waals surface area contributed by atoms with E-state index < -0.39 is 12.2 Å². The minimum atomic E-state index is -0.619. The quantitative estimate of drug-likeness (QED) is 0.309. The topological polar surface area (TPSA) is 29.5 Å². The van der Waals surface area contributed by atoms with E-state index in [0.29, 0.717) is 26.7 Å². The number of amides is 1. The van der Waals surface area contributed by atoms with Gasteiger partial charge in [0.1, 0.15) is 12.2 Å². The van der Waals surface area contributed by atoms with Gasteiger partial charge in [-0.3, -0.25) is 4.79 Å². The monoisotopic (exact) mass is 525 g/mol. The lowest BCUT2D eigenvalue weighted by molar-refractivity contribution is -0.178. The molecule has 0 aromatic heterocycles. The number of carbonyl (C=O) groups excluding carboxylic acids is 1. The average molecular weight is 527 g/mol. The second-order valence-electron chi connectivity index (χ2n) is 8.46. The first-order valence-electron chi connectivity index (χ1n) is 11.2. The van der Waals surface area contributed by atoms with Crippen molar-refractivity contribution in [2.24, 2.45) is 0 Å². The van der Waals surface area contributed by atoms with Gasteiger partial charge in [0.25, 0.3) is 5.91 Å². The normalized spacial score (nSPS) is 22.0. The van der Waals surface area contributed by atoms with E-state index in [4.69, 9.17) is 39.5 Å². The summed E-state index contributed by atoms with van der Waals surface area (Å²) >= 11 is 20.8. The first-order chi connectivity index (χ1) is 15.7. The molecule has 2 unspecified atom stereocenters. The Labute approximate surface area is 216 Å². The summed E-state index contributed by atoms with van der Waals surface area (Å²) < 4.78 is 6.46. The van der Waals surface area contributed by atoms with E-state index in [1.165, 1.54) is 0 Å². The summed E-state index contributed by atoms with van der Waals surface area (Å²) in [5, 5.41) is 2.17. The molecule has 0 spiro atoms. The molecule has 1 aliphatic rings. The van der Waals surface area contributed by atoms with Gasteiger partial charge in [0.05, 0.1) is 6.04 Å². The molecule has 1 heterocycles. The van der Waals surface area contributed by atoms with E-state index in [-0.39, 0.29) is 18.0 Å².